The zero-order valence-electron chi connectivity index (χ0n) is 20.4. The van der Waals surface area contributed by atoms with Crippen LogP contribution in [0.25, 0.3) is 15.8 Å². The molecule has 1 aromatic heterocycles. The van der Waals surface area contributed by atoms with Crippen molar-refractivity contribution in [1.82, 2.24) is 14.2 Å². The molecule has 35 heavy (non-hydrogen) atoms. The number of fused-ring (bicyclic) bond motifs is 1. The van der Waals surface area contributed by atoms with Crippen molar-refractivity contribution in [2.24, 2.45) is 0 Å². The highest BCUT2D eigenvalue weighted by atomic mass is 32.2. The zero-order valence-corrected chi connectivity index (χ0v) is 22.0. The molecule has 1 amide bonds. The van der Waals surface area contributed by atoms with E-state index in [-0.39, 0.29) is 24.4 Å². The van der Waals surface area contributed by atoms with Gasteiger partial charge < -0.3 is 19.5 Å². The van der Waals surface area contributed by atoms with Gasteiger partial charge in [-0.05, 0) is 50.0 Å². The largest absolute Gasteiger partial charge is 0.467 e. The molecule has 192 valence electrons. The van der Waals surface area contributed by atoms with Crippen LogP contribution >= 0.6 is 11.3 Å². The maximum absolute atomic E-state index is 12.6. The summed E-state index contributed by atoms with van der Waals surface area (Å²) in [6.07, 6.45) is 3.99. The Hall–Kier alpha value is -2.21. The van der Waals surface area contributed by atoms with Gasteiger partial charge in [-0.25, -0.2) is 18.2 Å². The SMILES string of the molecule is COC(=O)N1CCC(Oc2nc3ccc(C4=CCN(S(=O)(=O)CCC(C)(C)O)CC4)cc3s2)CC1. The minimum absolute atomic E-state index is 0.0151. The molecule has 9 nitrogen and oxygen atoms in total. The number of piperidine rings is 1. The van der Waals surface area contributed by atoms with E-state index >= 15 is 0 Å². The molecule has 11 heteroatoms. The number of aromatic nitrogens is 1. The van der Waals surface area contributed by atoms with Gasteiger partial charge in [0.25, 0.3) is 5.19 Å². The van der Waals surface area contributed by atoms with Crippen molar-refractivity contribution in [2.75, 3.05) is 39.0 Å². The summed E-state index contributed by atoms with van der Waals surface area (Å²) in [7, 11) is -2.01. The Morgan fingerprint density at radius 2 is 2.00 bits per heavy atom. The molecule has 1 aromatic carbocycles. The van der Waals surface area contributed by atoms with E-state index in [0.29, 0.717) is 37.8 Å². The summed E-state index contributed by atoms with van der Waals surface area (Å²) in [6.45, 7) is 5.21. The number of benzene rings is 1. The van der Waals surface area contributed by atoms with Gasteiger partial charge in [-0.1, -0.05) is 23.5 Å². The third-order valence-corrected chi connectivity index (χ3v) is 9.17. The first-order valence-corrected chi connectivity index (χ1v) is 14.3. The van der Waals surface area contributed by atoms with Crippen LogP contribution in [-0.2, 0) is 14.8 Å². The fraction of sp³-hybridized carbons (Fsp3) is 0.583. The quantitative estimate of drug-likeness (QED) is 0.592. The summed E-state index contributed by atoms with van der Waals surface area (Å²) in [5.41, 5.74) is 2.05. The number of carbonyl (C=O) groups is 1. The van der Waals surface area contributed by atoms with Gasteiger partial charge >= 0.3 is 6.09 Å². The lowest BCUT2D eigenvalue weighted by Crippen LogP contribution is -2.41. The average Bonchev–Trinajstić information content (AvgIpc) is 3.24. The number of ether oxygens (including phenoxy) is 2. The van der Waals surface area contributed by atoms with Crippen LogP contribution in [0.15, 0.2) is 24.3 Å². The Morgan fingerprint density at radius 3 is 2.63 bits per heavy atom. The van der Waals surface area contributed by atoms with Crippen molar-refractivity contribution in [3.8, 4) is 5.19 Å². The number of carbonyl (C=O) groups excluding carboxylic acids is 1. The van der Waals surface area contributed by atoms with E-state index in [4.69, 9.17) is 9.47 Å². The molecule has 1 fully saturated rings. The molecule has 0 atom stereocenters. The van der Waals surface area contributed by atoms with Crippen molar-refractivity contribution >= 4 is 43.2 Å². The molecular formula is C24H33N3O6S2. The number of aliphatic hydroxyl groups is 1. The summed E-state index contributed by atoms with van der Waals surface area (Å²) in [5.74, 6) is -0.0585. The Bertz CT molecular complexity index is 1190. The fourth-order valence-electron chi connectivity index (χ4n) is 4.25. The van der Waals surface area contributed by atoms with Crippen LogP contribution in [0.4, 0.5) is 4.79 Å². The van der Waals surface area contributed by atoms with E-state index in [1.165, 1.54) is 22.8 Å². The zero-order chi connectivity index (χ0) is 25.2. The van der Waals surface area contributed by atoms with Crippen LogP contribution < -0.4 is 4.74 Å². The average molecular weight is 524 g/mol. The topological polar surface area (TPSA) is 109 Å². The number of thiazole rings is 1. The first-order chi connectivity index (χ1) is 16.5. The molecule has 0 radical (unpaired) electrons. The minimum atomic E-state index is -3.40. The summed E-state index contributed by atoms with van der Waals surface area (Å²) in [6, 6.07) is 6.08. The molecule has 1 N–H and O–H groups in total. The van der Waals surface area contributed by atoms with E-state index in [1.54, 1.807) is 18.7 Å². The smallest absolute Gasteiger partial charge is 0.409 e. The van der Waals surface area contributed by atoms with E-state index < -0.39 is 15.6 Å². The maximum atomic E-state index is 12.6. The van der Waals surface area contributed by atoms with Gasteiger partial charge in [0.15, 0.2) is 0 Å². The molecule has 0 bridgehead atoms. The Labute approximate surface area is 210 Å². The van der Waals surface area contributed by atoms with Crippen LogP contribution in [0.1, 0.15) is 45.1 Å². The highest BCUT2D eigenvalue weighted by Crippen LogP contribution is 2.33. The van der Waals surface area contributed by atoms with Crippen LogP contribution in [0, 0.1) is 0 Å². The molecule has 0 unspecified atom stereocenters. The van der Waals surface area contributed by atoms with E-state index in [0.717, 1.165) is 34.2 Å². The van der Waals surface area contributed by atoms with Gasteiger partial charge in [0.2, 0.25) is 10.0 Å². The lowest BCUT2D eigenvalue weighted by Gasteiger charge is -2.30. The van der Waals surface area contributed by atoms with Crippen molar-refractivity contribution in [1.29, 1.82) is 0 Å². The number of rotatable bonds is 7. The molecule has 1 saturated heterocycles. The summed E-state index contributed by atoms with van der Waals surface area (Å²) in [5, 5.41) is 10.5. The molecule has 3 heterocycles. The number of nitrogens with zero attached hydrogens (tertiary/aromatic N) is 3. The number of likely N-dealkylation sites (tertiary alicyclic amines) is 1. The van der Waals surface area contributed by atoms with Crippen molar-refractivity contribution < 1.29 is 27.8 Å². The second-order valence-electron chi connectivity index (χ2n) is 9.65. The normalized spacial score (nSPS) is 18.5. The van der Waals surface area contributed by atoms with Crippen molar-refractivity contribution in [3.05, 3.63) is 29.8 Å². The van der Waals surface area contributed by atoms with Crippen LogP contribution in [0.5, 0.6) is 5.19 Å². The van der Waals surface area contributed by atoms with Gasteiger partial charge in [0.1, 0.15) is 6.10 Å². The van der Waals surface area contributed by atoms with Gasteiger partial charge in [0.05, 0.1) is 28.7 Å². The molecule has 2 aromatic rings. The molecule has 0 spiro atoms. The van der Waals surface area contributed by atoms with E-state index in [2.05, 4.69) is 11.1 Å². The van der Waals surface area contributed by atoms with E-state index in [1.807, 2.05) is 18.2 Å². The van der Waals surface area contributed by atoms with Gasteiger partial charge in [-0.15, -0.1) is 0 Å². The number of methoxy groups -OCH3 is 1. The third-order valence-electron chi connectivity index (χ3n) is 6.42. The maximum Gasteiger partial charge on any atom is 0.409 e. The second kappa shape index (κ2) is 10.4. The molecule has 2 aliphatic heterocycles. The predicted molar refractivity (Wildman–Crippen MR) is 136 cm³/mol. The lowest BCUT2D eigenvalue weighted by atomic mass is 10.0. The van der Waals surface area contributed by atoms with Crippen LogP contribution in [0.2, 0.25) is 0 Å². The Kier molecular flexibility index (Phi) is 7.70. The highest BCUT2D eigenvalue weighted by Gasteiger charge is 2.28. The van der Waals surface area contributed by atoms with Crippen molar-refractivity contribution in [2.45, 2.75) is 51.2 Å². The molecule has 0 aliphatic carbocycles. The van der Waals surface area contributed by atoms with Gasteiger partial charge in [0, 0.05) is 39.0 Å². The molecule has 4 rings (SSSR count). The number of hydrogen-bond donors (Lipinski definition) is 1. The summed E-state index contributed by atoms with van der Waals surface area (Å²) >= 11 is 1.50. The standard InChI is InChI=1S/C24H33N3O6S2/c1-24(2,29)10-15-35(30,31)27-13-6-17(7-14-27)18-4-5-20-21(16-18)34-22(25-20)33-19-8-11-26(12-9-19)23(28)32-3/h4-6,16,19,29H,7-15H2,1-3H3. The van der Waals surface area contributed by atoms with Gasteiger partial charge in [-0.2, -0.15) is 4.31 Å². The summed E-state index contributed by atoms with van der Waals surface area (Å²) < 4.78 is 38.6. The van der Waals surface area contributed by atoms with Crippen LogP contribution in [0.3, 0.4) is 0 Å². The highest BCUT2D eigenvalue weighted by molar-refractivity contribution is 7.89. The third kappa shape index (κ3) is 6.52. The molecule has 2 aliphatic rings. The lowest BCUT2D eigenvalue weighted by molar-refractivity contribution is 0.0767. The second-order valence-corrected chi connectivity index (χ2v) is 12.7. The first kappa shape index (κ1) is 25.9. The monoisotopic (exact) mass is 523 g/mol. The predicted octanol–water partition coefficient (Wildman–Crippen LogP) is 3.49. The van der Waals surface area contributed by atoms with Crippen LogP contribution in [-0.4, -0.2) is 84.6 Å². The molecule has 0 saturated carbocycles. The van der Waals surface area contributed by atoms with Crippen molar-refractivity contribution in [3.63, 3.8) is 0 Å². The Balaban J connectivity index is 1.38. The minimum Gasteiger partial charge on any atom is -0.467 e. The number of hydrogen-bond acceptors (Lipinski definition) is 8. The number of amides is 1. The number of sulfonamides is 1. The molecular weight excluding hydrogens is 490 g/mol. The first-order valence-electron chi connectivity index (χ1n) is 11.8. The Morgan fingerprint density at radius 1 is 1.26 bits per heavy atom. The van der Waals surface area contributed by atoms with Gasteiger partial charge in [-0.3, -0.25) is 0 Å². The van der Waals surface area contributed by atoms with E-state index in [9.17, 15) is 18.3 Å². The summed E-state index contributed by atoms with van der Waals surface area (Å²) in [4.78, 5) is 17.9. The fourth-order valence-corrected chi connectivity index (χ4v) is 6.86.